The Morgan fingerprint density at radius 1 is 0.789 bits per heavy atom. The van der Waals surface area contributed by atoms with E-state index in [1.165, 1.54) is 46.8 Å². The van der Waals surface area contributed by atoms with Crippen molar-refractivity contribution in [3.63, 3.8) is 0 Å². The van der Waals surface area contributed by atoms with Crippen LogP contribution in [0.1, 0.15) is 44.3 Å². The number of amides is 1. The molecule has 0 saturated carbocycles. The van der Waals surface area contributed by atoms with E-state index in [9.17, 15) is 9.59 Å². The Morgan fingerprint density at radius 3 is 1.82 bits per heavy atom. The van der Waals surface area contributed by atoms with Crippen molar-refractivity contribution < 1.29 is 38.0 Å². The average Bonchev–Trinajstić information content (AvgIpc) is 2.94. The van der Waals surface area contributed by atoms with Crippen molar-refractivity contribution >= 4 is 17.6 Å². The quantitative estimate of drug-likeness (QED) is 0.443. The predicted octanol–water partition coefficient (Wildman–Crippen LogP) is 3.69. The first-order valence-corrected chi connectivity index (χ1v) is 11.7. The number of carbonyl (C=O) groups excluding carboxylic acids is 2. The second kappa shape index (κ2) is 11.2. The molecule has 1 amide bonds. The van der Waals surface area contributed by atoms with Gasteiger partial charge in [0, 0.05) is 18.2 Å². The van der Waals surface area contributed by atoms with Gasteiger partial charge >= 0.3 is 0 Å². The summed E-state index contributed by atoms with van der Waals surface area (Å²) in [5, 5.41) is 2.69. The highest BCUT2D eigenvalue weighted by Gasteiger charge is 2.30. The first kappa shape index (κ1) is 26.5. The molecule has 11 nitrogen and oxygen atoms in total. The number of anilines is 1. The fraction of sp³-hybridized carbons (Fsp3) is 0.333. The lowest BCUT2D eigenvalue weighted by atomic mass is 9.82. The summed E-state index contributed by atoms with van der Waals surface area (Å²) in [4.78, 5) is 34.7. The Morgan fingerprint density at radius 2 is 1.32 bits per heavy atom. The lowest BCUT2D eigenvalue weighted by molar-refractivity contribution is 0.0962. The highest BCUT2D eigenvalue weighted by molar-refractivity contribution is 6.04. The molecule has 11 heteroatoms. The van der Waals surface area contributed by atoms with Gasteiger partial charge in [-0.25, -0.2) is 9.97 Å². The minimum atomic E-state index is -0.479. The maximum atomic E-state index is 13.0. The van der Waals surface area contributed by atoms with Crippen LogP contribution in [0.15, 0.2) is 30.5 Å². The van der Waals surface area contributed by atoms with Crippen molar-refractivity contribution in [2.24, 2.45) is 0 Å². The third-order valence-corrected chi connectivity index (χ3v) is 6.35. The molecular formula is C27H29N3O8. The lowest BCUT2D eigenvalue weighted by Crippen LogP contribution is -2.22. The smallest absolute Gasteiger partial charge is 0.258 e. The number of carbonyl (C=O) groups is 2. The van der Waals surface area contributed by atoms with Crippen LogP contribution in [0.2, 0.25) is 0 Å². The first-order chi connectivity index (χ1) is 18.4. The molecule has 0 bridgehead atoms. The molecule has 0 unspecified atom stereocenters. The number of fused-ring (bicyclic) bond motifs is 1. The van der Waals surface area contributed by atoms with Crippen LogP contribution in [-0.4, -0.2) is 64.3 Å². The molecule has 38 heavy (non-hydrogen) atoms. The molecule has 200 valence electrons. The Bertz CT molecular complexity index is 1320. The zero-order valence-electron chi connectivity index (χ0n) is 22.0. The summed E-state index contributed by atoms with van der Waals surface area (Å²) in [7, 11) is 9.02. The predicted molar refractivity (Wildman–Crippen MR) is 138 cm³/mol. The Hall–Kier alpha value is -4.54. The SMILES string of the molecule is COc1cc(C(=O)Nc2ncc3c(n2)C[C@H](c2cc(OC)c(OC)c(OC)c2)CC3=O)cc(OC)c1OC. The molecule has 3 aromatic rings. The summed E-state index contributed by atoms with van der Waals surface area (Å²) in [6.45, 7) is 0. The summed E-state index contributed by atoms with van der Waals surface area (Å²) >= 11 is 0. The van der Waals surface area contributed by atoms with Crippen molar-refractivity contribution in [1.82, 2.24) is 9.97 Å². The van der Waals surface area contributed by atoms with Crippen molar-refractivity contribution in [2.75, 3.05) is 48.0 Å². The Kier molecular flexibility index (Phi) is 7.85. The van der Waals surface area contributed by atoms with Gasteiger partial charge in [-0.1, -0.05) is 0 Å². The van der Waals surface area contributed by atoms with Crippen molar-refractivity contribution in [3.8, 4) is 34.5 Å². The fourth-order valence-electron chi connectivity index (χ4n) is 4.46. The maximum absolute atomic E-state index is 13.0. The molecule has 4 rings (SSSR count). The Labute approximate surface area is 220 Å². The van der Waals surface area contributed by atoms with Gasteiger partial charge in [0.1, 0.15) is 0 Å². The maximum Gasteiger partial charge on any atom is 0.258 e. The molecule has 0 radical (unpaired) electrons. The number of aromatic nitrogens is 2. The highest BCUT2D eigenvalue weighted by atomic mass is 16.5. The summed E-state index contributed by atoms with van der Waals surface area (Å²) in [6.07, 6.45) is 2.17. The molecule has 0 aliphatic heterocycles. The van der Waals surface area contributed by atoms with Crippen LogP contribution in [0.25, 0.3) is 0 Å². The van der Waals surface area contributed by atoms with Crippen LogP contribution in [0.5, 0.6) is 34.5 Å². The van der Waals surface area contributed by atoms with Crippen LogP contribution >= 0.6 is 0 Å². The van der Waals surface area contributed by atoms with Gasteiger partial charge in [-0.3, -0.25) is 14.9 Å². The third-order valence-electron chi connectivity index (χ3n) is 6.35. The summed E-state index contributed by atoms with van der Waals surface area (Å²) in [5.74, 6) is 1.83. The number of hydrogen-bond acceptors (Lipinski definition) is 10. The topological polar surface area (TPSA) is 127 Å². The number of nitrogens with one attached hydrogen (secondary N) is 1. The van der Waals surface area contributed by atoms with Crippen molar-refractivity contribution in [2.45, 2.75) is 18.8 Å². The van der Waals surface area contributed by atoms with Crippen LogP contribution in [0, 0.1) is 0 Å². The normalized spacial score (nSPS) is 14.3. The molecule has 1 aromatic heterocycles. The van der Waals surface area contributed by atoms with Gasteiger partial charge in [0.15, 0.2) is 28.8 Å². The number of hydrogen-bond donors (Lipinski definition) is 1. The van der Waals surface area contributed by atoms with Crippen LogP contribution in [0.3, 0.4) is 0 Å². The number of methoxy groups -OCH3 is 6. The van der Waals surface area contributed by atoms with Crippen LogP contribution in [0.4, 0.5) is 5.95 Å². The zero-order chi connectivity index (χ0) is 27.4. The third kappa shape index (κ3) is 4.99. The van der Waals surface area contributed by atoms with Gasteiger partial charge in [0.2, 0.25) is 17.4 Å². The van der Waals surface area contributed by atoms with Gasteiger partial charge in [-0.15, -0.1) is 0 Å². The van der Waals surface area contributed by atoms with E-state index in [0.717, 1.165) is 5.56 Å². The average molecular weight is 524 g/mol. The van der Waals surface area contributed by atoms with E-state index in [0.29, 0.717) is 52.2 Å². The summed E-state index contributed by atoms with van der Waals surface area (Å²) in [6, 6.07) is 6.72. The molecule has 1 aliphatic carbocycles. The summed E-state index contributed by atoms with van der Waals surface area (Å²) < 4.78 is 32.3. The molecule has 1 atom stereocenters. The highest BCUT2D eigenvalue weighted by Crippen LogP contribution is 2.43. The number of nitrogens with zero attached hydrogens (tertiary/aromatic N) is 2. The molecule has 0 spiro atoms. The minimum Gasteiger partial charge on any atom is -0.493 e. The minimum absolute atomic E-state index is 0.0702. The monoisotopic (exact) mass is 523 g/mol. The van der Waals surface area contributed by atoms with E-state index in [1.807, 2.05) is 12.1 Å². The Balaban J connectivity index is 1.62. The molecule has 1 aliphatic rings. The van der Waals surface area contributed by atoms with E-state index in [1.54, 1.807) is 14.2 Å². The number of ether oxygens (including phenoxy) is 6. The number of Topliss-reactive ketones (excluding diaryl/α,β-unsaturated/α-hetero) is 1. The largest absolute Gasteiger partial charge is 0.493 e. The van der Waals surface area contributed by atoms with E-state index >= 15 is 0 Å². The van der Waals surface area contributed by atoms with E-state index in [-0.39, 0.29) is 29.6 Å². The number of ketones is 1. The molecule has 1 N–H and O–H groups in total. The lowest BCUT2D eigenvalue weighted by Gasteiger charge is -2.24. The van der Waals surface area contributed by atoms with Crippen molar-refractivity contribution in [1.29, 1.82) is 0 Å². The molecule has 2 aromatic carbocycles. The van der Waals surface area contributed by atoms with Gasteiger partial charge in [0.25, 0.3) is 5.91 Å². The van der Waals surface area contributed by atoms with E-state index < -0.39 is 5.91 Å². The zero-order valence-corrected chi connectivity index (χ0v) is 22.0. The molecular weight excluding hydrogens is 494 g/mol. The van der Waals surface area contributed by atoms with Gasteiger partial charge < -0.3 is 28.4 Å². The van der Waals surface area contributed by atoms with Crippen LogP contribution in [-0.2, 0) is 6.42 Å². The second-order valence-corrected chi connectivity index (χ2v) is 8.41. The standard InChI is InChI=1S/C27H29N3O8/c1-33-20-9-15(10-21(34-2)24(20)37-5)14-7-18-17(19(31)8-14)13-28-27(29-18)30-26(32)16-11-22(35-3)25(38-6)23(12-16)36-4/h9-14H,7-8H2,1-6H3,(H,28,29,30,32)/t14-/m0/s1. The number of benzene rings is 2. The van der Waals surface area contributed by atoms with E-state index in [2.05, 4.69) is 15.3 Å². The molecule has 0 fully saturated rings. The van der Waals surface area contributed by atoms with E-state index in [4.69, 9.17) is 28.4 Å². The fourth-order valence-corrected chi connectivity index (χ4v) is 4.46. The van der Waals surface area contributed by atoms with Crippen molar-refractivity contribution in [3.05, 3.63) is 52.8 Å². The first-order valence-electron chi connectivity index (χ1n) is 11.7. The number of rotatable bonds is 9. The summed E-state index contributed by atoms with van der Waals surface area (Å²) in [5.41, 5.74) is 2.07. The molecule has 1 heterocycles. The van der Waals surface area contributed by atoms with Gasteiger partial charge in [-0.05, 0) is 42.2 Å². The van der Waals surface area contributed by atoms with Gasteiger partial charge in [-0.2, -0.15) is 0 Å². The second-order valence-electron chi connectivity index (χ2n) is 8.41. The molecule has 0 saturated heterocycles. The van der Waals surface area contributed by atoms with Gasteiger partial charge in [0.05, 0.1) is 53.9 Å². The van der Waals surface area contributed by atoms with Crippen LogP contribution < -0.4 is 33.7 Å².